The molecule has 0 unspecified atom stereocenters. The molecule has 116 valence electrons. The highest BCUT2D eigenvalue weighted by Crippen LogP contribution is 2.23. The Kier molecular flexibility index (Phi) is 5.01. The fourth-order valence-corrected chi connectivity index (χ4v) is 2.68. The minimum absolute atomic E-state index is 0.142. The average Bonchev–Trinajstić information content (AvgIpc) is 2.47. The Hall–Kier alpha value is -1.39. The van der Waals surface area contributed by atoms with E-state index in [4.69, 9.17) is 4.74 Å². The molecule has 1 heterocycles. The van der Waals surface area contributed by atoms with Gasteiger partial charge in [0.25, 0.3) is 0 Å². The second kappa shape index (κ2) is 6.58. The lowest BCUT2D eigenvalue weighted by Crippen LogP contribution is -2.57. The van der Waals surface area contributed by atoms with E-state index >= 15 is 0 Å². The van der Waals surface area contributed by atoms with E-state index in [0.717, 1.165) is 37.5 Å². The molecule has 1 aromatic carbocycles. The maximum atomic E-state index is 12.8. The van der Waals surface area contributed by atoms with Gasteiger partial charge in [0.2, 0.25) is 0 Å². The first-order valence-electron chi connectivity index (χ1n) is 7.68. The van der Waals surface area contributed by atoms with Crippen molar-refractivity contribution < 1.29 is 9.53 Å². The molecule has 1 N–H and O–H groups in total. The van der Waals surface area contributed by atoms with Gasteiger partial charge in [0.15, 0.2) is 5.78 Å². The van der Waals surface area contributed by atoms with Gasteiger partial charge in [-0.15, -0.1) is 0 Å². The van der Waals surface area contributed by atoms with E-state index in [1.54, 1.807) is 0 Å². The van der Waals surface area contributed by atoms with Crippen molar-refractivity contribution in [3.05, 3.63) is 29.8 Å². The smallest absolute Gasteiger partial charge is 0.182 e. The number of hydrogen-bond acceptors (Lipinski definition) is 4. The molecule has 0 aromatic heterocycles. The van der Waals surface area contributed by atoms with Crippen LogP contribution < -0.4 is 10.1 Å². The molecule has 1 aliphatic heterocycles. The van der Waals surface area contributed by atoms with E-state index in [-0.39, 0.29) is 11.9 Å². The summed E-state index contributed by atoms with van der Waals surface area (Å²) < 4.78 is 5.62. The third-order valence-electron chi connectivity index (χ3n) is 3.95. The largest absolute Gasteiger partial charge is 0.491 e. The van der Waals surface area contributed by atoms with Gasteiger partial charge in [-0.3, -0.25) is 9.69 Å². The SMILES string of the molecule is CC(C)Oc1ccc(C(=O)C(C)(C)N2CCNCC2)cc1. The quantitative estimate of drug-likeness (QED) is 0.845. The highest BCUT2D eigenvalue weighted by molar-refractivity contribution is 6.02. The number of carbonyl (C=O) groups is 1. The number of rotatable bonds is 5. The predicted octanol–water partition coefficient (Wildman–Crippen LogP) is 2.34. The number of nitrogens with one attached hydrogen (secondary N) is 1. The molecule has 21 heavy (non-hydrogen) atoms. The second-order valence-electron chi connectivity index (χ2n) is 6.32. The zero-order valence-electron chi connectivity index (χ0n) is 13.5. The summed E-state index contributed by atoms with van der Waals surface area (Å²) in [6, 6.07) is 7.48. The highest BCUT2D eigenvalue weighted by Gasteiger charge is 2.35. The summed E-state index contributed by atoms with van der Waals surface area (Å²) in [7, 11) is 0. The molecule has 1 aliphatic rings. The Morgan fingerprint density at radius 3 is 2.29 bits per heavy atom. The van der Waals surface area contributed by atoms with Crippen LogP contribution in [0.4, 0.5) is 0 Å². The van der Waals surface area contributed by atoms with Crippen LogP contribution in [-0.2, 0) is 0 Å². The molecule has 0 atom stereocenters. The van der Waals surface area contributed by atoms with Crippen molar-refractivity contribution in [1.82, 2.24) is 10.2 Å². The number of benzene rings is 1. The fraction of sp³-hybridized carbons (Fsp3) is 0.588. The normalized spacial score (nSPS) is 17.0. The maximum absolute atomic E-state index is 12.8. The van der Waals surface area contributed by atoms with E-state index in [1.165, 1.54) is 0 Å². The number of piperazine rings is 1. The van der Waals surface area contributed by atoms with E-state index < -0.39 is 5.54 Å². The van der Waals surface area contributed by atoms with Gasteiger partial charge in [-0.1, -0.05) is 0 Å². The highest BCUT2D eigenvalue weighted by atomic mass is 16.5. The van der Waals surface area contributed by atoms with Crippen molar-refractivity contribution in [2.45, 2.75) is 39.3 Å². The first-order valence-corrected chi connectivity index (χ1v) is 7.68. The van der Waals surface area contributed by atoms with E-state index in [1.807, 2.05) is 52.0 Å². The van der Waals surface area contributed by atoms with Crippen molar-refractivity contribution in [3.63, 3.8) is 0 Å². The van der Waals surface area contributed by atoms with Gasteiger partial charge in [0.1, 0.15) is 5.75 Å². The number of nitrogens with zero attached hydrogens (tertiary/aromatic N) is 1. The molecule has 0 saturated carbocycles. The Balaban J connectivity index is 2.10. The molecule has 4 heteroatoms. The second-order valence-corrected chi connectivity index (χ2v) is 6.32. The van der Waals surface area contributed by atoms with Crippen molar-refractivity contribution in [2.75, 3.05) is 26.2 Å². The third-order valence-corrected chi connectivity index (χ3v) is 3.95. The first-order chi connectivity index (χ1) is 9.91. The van der Waals surface area contributed by atoms with Crippen LogP contribution in [0, 0.1) is 0 Å². The molecule has 1 aromatic rings. The summed E-state index contributed by atoms with van der Waals surface area (Å²) in [4.78, 5) is 15.1. The molecule has 2 rings (SSSR count). The van der Waals surface area contributed by atoms with Crippen LogP contribution >= 0.6 is 0 Å². The predicted molar refractivity (Wildman–Crippen MR) is 85.1 cm³/mol. The fourth-order valence-electron chi connectivity index (χ4n) is 2.68. The zero-order valence-corrected chi connectivity index (χ0v) is 13.5. The first kappa shape index (κ1) is 16.0. The summed E-state index contributed by atoms with van der Waals surface area (Å²) >= 11 is 0. The Labute approximate surface area is 127 Å². The summed E-state index contributed by atoms with van der Waals surface area (Å²) in [5.41, 5.74) is 0.275. The van der Waals surface area contributed by atoms with Crippen molar-refractivity contribution >= 4 is 5.78 Å². The molecular formula is C17H26N2O2. The third kappa shape index (κ3) is 3.83. The standard InChI is InChI=1S/C17H26N2O2/c1-13(2)21-15-7-5-14(6-8-15)16(20)17(3,4)19-11-9-18-10-12-19/h5-8,13,18H,9-12H2,1-4H3. The van der Waals surface area contributed by atoms with Crippen molar-refractivity contribution in [2.24, 2.45) is 0 Å². The van der Waals surface area contributed by atoms with Gasteiger partial charge in [-0.2, -0.15) is 0 Å². The van der Waals surface area contributed by atoms with Crippen LogP contribution in [0.1, 0.15) is 38.1 Å². The van der Waals surface area contributed by atoms with Crippen LogP contribution in [0.25, 0.3) is 0 Å². The average molecular weight is 290 g/mol. The Morgan fingerprint density at radius 1 is 1.19 bits per heavy atom. The van der Waals surface area contributed by atoms with Crippen molar-refractivity contribution in [3.8, 4) is 5.75 Å². The molecule has 1 saturated heterocycles. The van der Waals surface area contributed by atoms with Gasteiger partial charge in [-0.05, 0) is 52.0 Å². The summed E-state index contributed by atoms with van der Waals surface area (Å²) in [6.45, 7) is 11.7. The molecule has 0 aliphatic carbocycles. The van der Waals surface area contributed by atoms with E-state index in [2.05, 4.69) is 10.2 Å². The lowest BCUT2D eigenvalue weighted by molar-refractivity contribution is 0.0602. The van der Waals surface area contributed by atoms with Gasteiger partial charge < -0.3 is 10.1 Å². The number of hydrogen-bond donors (Lipinski definition) is 1. The molecule has 4 nitrogen and oxygen atoms in total. The molecule has 0 bridgehead atoms. The van der Waals surface area contributed by atoms with Crippen LogP contribution in [0.5, 0.6) is 5.75 Å². The maximum Gasteiger partial charge on any atom is 0.182 e. The number of carbonyl (C=O) groups excluding carboxylic acids is 1. The van der Waals surface area contributed by atoms with Gasteiger partial charge in [-0.25, -0.2) is 0 Å². The monoisotopic (exact) mass is 290 g/mol. The molecule has 0 amide bonds. The number of ketones is 1. The topological polar surface area (TPSA) is 41.6 Å². The number of ether oxygens (including phenoxy) is 1. The lowest BCUT2D eigenvalue weighted by Gasteiger charge is -2.40. The van der Waals surface area contributed by atoms with Crippen LogP contribution in [0.3, 0.4) is 0 Å². The van der Waals surface area contributed by atoms with Gasteiger partial charge >= 0.3 is 0 Å². The van der Waals surface area contributed by atoms with Crippen LogP contribution in [0.15, 0.2) is 24.3 Å². The Morgan fingerprint density at radius 2 is 1.76 bits per heavy atom. The van der Waals surface area contributed by atoms with Crippen LogP contribution in [-0.4, -0.2) is 48.5 Å². The summed E-state index contributed by atoms with van der Waals surface area (Å²) in [5.74, 6) is 0.974. The number of Topliss-reactive ketones (excluding diaryl/α,β-unsaturated/α-hetero) is 1. The van der Waals surface area contributed by atoms with E-state index in [9.17, 15) is 4.79 Å². The zero-order chi connectivity index (χ0) is 15.5. The molecular weight excluding hydrogens is 264 g/mol. The molecule has 0 radical (unpaired) electrons. The molecule has 1 fully saturated rings. The lowest BCUT2D eigenvalue weighted by atomic mass is 9.90. The van der Waals surface area contributed by atoms with Gasteiger partial charge in [0, 0.05) is 31.7 Å². The minimum Gasteiger partial charge on any atom is -0.491 e. The van der Waals surface area contributed by atoms with E-state index in [0.29, 0.717) is 0 Å². The summed E-state index contributed by atoms with van der Waals surface area (Å²) in [5, 5.41) is 3.32. The molecule has 0 spiro atoms. The minimum atomic E-state index is -0.470. The summed E-state index contributed by atoms with van der Waals surface area (Å²) in [6.07, 6.45) is 0.142. The van der Waals surface area contributed by atoms with Crippen LogP contribution in [0.2, 0.25) is 0 Å². The van der Waals surface area contributed by atoms with Gasteiger partial charge in [0.05, 0.1) is 11.6 Å². The van der Waals surface area contributed by atoms with Crippen molar-refractivity contribution in [1.29, 1.82) is 0 Å². The Bertz CT molecular complexity index is 474.